The first-order valence-corrected chi connectivity index (χ1v) is 9.02. The van der Waals surface area contributed by atoms with Crippen LogP contribution in [0.1, 0.15) is 60.8 Å². The second-order valence-electron chi connectivity index (χ2n) is 7.71. The Morgan fingerprint density at radius 3 is 2.05 bits per heavy atom. The topological polar surface area (TPSA) is 32.5 Å². The Labute approximate surface area is 133 Å². The van der Waals surface area contributed by atoms with Crippen molar-refractivity contribution in [2.24, 2.45) is 17.1 Å². The standard InChI is InChI=1S/C18H39N3/c1-7-20(8-2)11-10-12-21(9-3)18(15-19)14-17(5,6)13-16(18)4/h16H,7-15,19H2,1-6H3. The molecule has 0 saturated heterocycles. The van der Waals surface area contributed by atoms with Crippen LogP contribution in [0.25, 0.3) is 0 Å². The van der Waals surface area contributed by atoms with Gasteiger partial charge in [-0.05, 0) is 63.3 Å². The lowest BCUT2D eigenvalue weighted by Crippen LogP contribution is -2.56. The van der Waals surface area contributed by atoms with E-state index in [0.717, 1.165) is 26.2 Å². The number of hydrogen-bond acceptors (Lipinski definition) is 3. The van der Waals surface area contributed by atoms with Crippen molar-refractivity contribution in [3.63, 3.8) is 0 Å². The molecule has 2 atom stereocenters. The van der Waals surface area contributed by atoms with Gasteiger partial charge in [-0.2, -0.15) is 0 Å². The molecule has 3 heteroatoms. The molecule has 126 valence electrons. The Morgan fingerprint density at radius 2 is 1.67 bits per heavy atom. The average molecular weight is 298 g/mol. The molecule has 2 N–H and O–H groups in total. The molecular weight excluding hydrogens is 258 g/mol. The van der Waals surface area contributed by atoms with Crippen LogP contribution in [0.3, 0.4) is 0 Å². The van der Waals surface area contributed by atoms with E-state index in [1.807, 2.05) is 0 Å². The number of hydrogen-bond donors (Lipinski definition) is 1. The largest absolute Gasteiger partial charge is 0.329 e. The summed E-state index contributed by atoms with van der Waals surface area (Å²) in [5.41, 5.74) is 6.95. The third-order valence-electron chi connectivity index (χ3n) is 5.72. The van der Waals surface area contributed by atoms with Gasteiger partial charge in [-0.15, -0.1) is 0 Å². The van der Waals surface area contributed by atoms with Crippen LogP contribution in [0.5, 0.6) is 0 Å². The van der Waals surface area contributed by atoms with Crippen LogP contribution >= 0.6 is 0 Å². The molecule has 1 aliphatic carbocycles. The van der Waals surface area contributed by atoms with Gasteiger partial charge in [0.15, 0.2) is 0 Å². The normalized spacial score (nSPS) is 28.7. The van der Waals surface area contributed by atoms with Crippen molar-refractivity contribution in [3.05, 3.63) is 0 Å². The molecule has 0 heterocycles. The van der Waals surface area contributed by atoms with Crippen molar-refractivity contribution in [1.82, 2.24) is 9.80 Å². The lowest BCUT2D eigenvalue weighted by molar-refractivity contribution is 0.0598. The van der Waals surface area contributed by atoms with Crippen LogP contribution in [0.15, 0.2) is 0 Å². The van der Waals surface area contributed by atoms with Gasteiger partial charge >= 0.3 is 0 Å². The van der Waals surface area contributed by atoms with E-state index in [1.54, 1.807) is 0 Å². The van der Waals surface area contributed by atoms with Crippen LogP contribution in [0.4, 0.5) is 0 Å². The van der Waals surface area contributed by atoms with Gasteiger partial charge in [0.25, 0.3) is 0 Å². The maximum absolute atomic E-state index is 6.29. The van der Waals surface area contributed by atoms with Crippen molar-refractivity contribution in [1.29, 1.82) is 0 Å². The Bertz CT molecular complexity index is 299. The van der Waals surface area contributed by atoms with Gasteiger partial charge in [-0.25, -0.2) is 0 Å². The van der Waals surface area contributed by atoms with E-state index in [2.05, 4.69) is 51.3 Å². The molecule has 0 aromatic heterocycles. The summed E-state index contributed by atoms with van der Waals surface area (Å²) in [6.45, 7) is 20.7. The number of likely N-dealkylation sites (N-methyl/N-ethyl adjacent to an activating group) is 1. The summed E-state index contributed by atoms with van der Waals surface area (Å²) < 4.78 is 0. The molecule has 1 fully saturated rings. The molecule has 1 saturated carbocycles. The van der Waals surface area contributed by atoms with Crippen molar-refractivity contribution in [2.45, 2.75) is 66.3 Å². The zero-order valence-electron chi connectivity index (χ0n) is 15.4. The third kappa shape index (κ3) is 4.43. The van der Waals surface area contributed by atoms with Crippen molar-refractivity contribution >= 4 is 0 Å². The highest BCUT2D eigenvalue weighted by Gasteiger charge is 2.50. The summed E-state index contributed by atoms with van der Waals surface area (Å²) >= 11 is 0. The fraction of sp³-hybridized carbons (Fsp3) is 1.00. The fourth-order valence-corrected chi connectivity index (χ4v) is 4.64. The minimum Gasteiger partial charge on any atom is -0.329 e. The quantitative estimate of drug-likeness (QED) is 0.709. The number of nitrogens with two attached hydrogens (primary N) is 1. The molecule has 0 aromatic rings. The van der Waals surface area contributed by atoms with Crippen LogP contribution in [0.2, 0.25) is 0 Å². The van der Waals surface area contributed by atoms with E-state index in [1.165, 1.54) is 32.4 Å². The molecule has 0 bridgehead atoms. The highest BCUT2D eigenvalue weighted by molar-refractivity contribution is 5.05. The van der Waals surface area contributed by atoms with Gasteiger partial charge in [0.1, 0.15) is 0 Å². The van der Waals surface area contributed by atoms with Crippen LogP contribution in [-0.4, -0.2) is 54.6 Å². The molecule has 0 amide bonds. The lowest BCUT2D eigenvalue weighted by atomic mass is 9.84. The zero-order chi connectivity index (χ0) is 16.1. The van der Waals surface area contributed by atoms with Gasteiger partial charge in [0.2, 0.25) is 0 Å². The summed E-state index contributed by atoms with van der Waals surface area (Å²) in [6, 6.07) is 0. The Kier molecular flexibility index (Phi) is 7.15. The minimum atomic E-state index is 0.224. The van der Waals surface area contributed by atoms with E-state index in [-0.39, 0.29) is 5.54 Å². The van der Waals surface area contributed by atoms with Crippen molar-refractivity contribution in [2.75, 3.05) is 39.3 Å². The lowest BCUT2D eigenvalue weighted by Gasteiger charge is -2.44. The minimum absolute atomic E-state index is 0.224. The monoisotopic (exact) mass is 297 g/mol. The van der Waals surface area contributed by atoms with E-state index >= 15 is 0 Å². The van der Waals surface area contributed by atoms with Gasteiger partial charge in [-0.1, -0.05) is 41.5 Å². The van der Waals surface area contributed by atoms with Crippen LogP contribution in [-0.2, 0) is 0 Å². The Balaban J connectivity index is 2.68. The Hall–Kier alpha value is -0.120. The van der Waals surface area contributed by atoms with E-state index in [9.17, 15) is 0 Å². The molecule has 21 heavy (non-hydrogen) atoms. The molecule has 0 radical (unpaired) electrons. The first-order valence-electron chi connectivity index (χ1n) is 9.02. The van der Waals surface area contributed by atoms with Crippen molar-refractivity contribution in [3.8, 4) is 0 Å². The highest BCUT2D eigenvalue weighted by atomic mass is 15.2. The van der Waals surface area contributed by atoms with Crippen molar-refractivity contribution < 1.29 is 0 Å². The summed E-state index contributed by atoms with van der Waals surface area (Å²) in [4.78, 5) is 5.21. The van der Waals surface area contributed by atoms with Crippen LogP contribution in [0, 0.1) is 11.3 Å². The molecule has 0 aromatic carbocycles. The van der Waals surface area contributed by atoms with Gasteiger partial charge in [-0.3, -0.25) is 4.90 Å². The molecule has 1 aliphatic rings. The summed E-state index contributed by atoms with van der Waals surface area (Å²) in [5.74, 6) is 0.700. The Morgan fingerprint density at radius 1 is 1.05 bits per heavy atom. The predicted molar refractivity (Wildman–Crippen MR) is 93.6 cm³/mol. The second-order valence-corrected chi connectivity index (χ2v) is 7.71. The van der Waals surface area contributed by atoms with Gasteiger partial charge in [0, 0.05) is 12.1 Å². The van der Waals surface area contributed by atoms with E-state index < -0.39 is 0 Å². The summed E-state index contributed by atoms with van der Waals surface area (Å²) in [7, 11) is 0. The molecule has 3 nitrogen and oxygen atoms in total. The van der Waals surface area contributed by atoms with Gasteiger partial charge < -0.3 is 10.6 Å². The molecular formula is C18H39N3. The molecule has 0 aliphatic heterocycles. The average Bonchev–Trinajstić information content (AvgIpc) is 2.69. The third-order valence-corrected chi connectivity index (χ3v) is 5.72. The highest BCUT2D eigenvalue weighted by Crippen LogP contribution is 2.49. The zero-order valence-corrected chi connectivity index (χ0v) is 15.4. The molecule has 1 rings (SSSR count). The SMILES string of the molecule is CCN(CC)CCCN(CC)C1(CN)CC(C)(C)CC1C. The van der Waals surface area contributed by atoms with Crippen LogP contribution < -0.4 is 5.73 Å². The second kappa shape index (κ2) is 7.94. The fourth-order valence-electron chi connectivity index (χ4n) is 4.64. The summed E-state index contributed by atoms with van der Waals surface area (Å²) in [6.07, 6.45) is 3.80. The first-order chi connectivity index (χ1) is 9.85. The maximum atomic E-state index is 6.29. The predicted octanol–water partition coefficient (Wildman–Crippen LogP) is 3.19. The molecule has 2 unspecified atom stereocenters. The smallest absolute Gasteiger partial charge is 0.0362 e. The van der Waals surface area contributed by atoms with E-state index in [4.69, 9.17) is 5.73 Å². The molecule has 0 spiro atoms. The van der Waals surface area contributed by atoms with E-state index in [0.29, 0.717) is 11.3 Å². The number of nitrogens with zero attached hydrogens (tertiary/aromatic N) is 2. The van der Waals surface area contributed by atoms with Gasteiger partial charge in [0.05, 0.1) is 0 Å². The summed E-state index contributed by atoms with van der Waals surface area (Å²) in [5, 5.41) is 0. The first kappa shape index (κ1) is 18.9. The maximum Gasteiger partial charge on any atom is 0.0362 e. The number of rotatable bonds is 9.